The minimum absolute atomic E-state index is 0.178. The maximum absolute atomic E-state index is 10.7. The summed E-state index contributed by atoms with van der Waals surface area (Å²) in [5, 5.41) is 10.7. The number of fused-ring (bicyclic) bond motifs is 5. The summed E-state index contributed by atoms with van der Waals surface area (Å²) in [7, 11) is 0. The molecule has 8 atom stereocenters. The van der Waals surface area contributed by atoms with Crippen LogP contribution in [0, 0.1) is 28.6 Å². The molecule has 0 spiro atoms. The second-order valence-electron chi connectivity index (χ2n) is 11.9. The molecular weight excluding hydrogens is 480 g/mol. The molecule has 32 heavy (non-hydrogen) atoms. The molecule has 0 radical (unpaired) electrons. The number of hydrogen-bond donors (Lipinski definition) is 1. The molecule has 1 saturated heterocycles. The Balaban J connectivity index is 1.33. The van der Waals surface area contributed by atoms with E-state index in [2.05, 4.69) is 66.2 Å². The van der Waals surface area contributed by atoms with Crippen LogP contribution in [0.3, 0.4) is 0 Å². The zero-order valence-corrected chi connectivity index (χ0v) is 21.9. The number of benzene rings is 1. The SMILES string of the molecule is C[C@@]12CCC[C@H]1[C@@H]1CC=C3CSC(OCc4ccccc4)(C4(Br)CC4O)C[C@]3(C)[C@H]1CC2. The molecule has 2 nitrogen and oxygen atoms in total. The number of halogens is 1. The summed E-state index contributed by atoms with van der Waals surface area (Å²) in [5.74, 6) is 3.52. The van der Waals surface area contributed by atoms with Gasteiger partial charge in [-0.1, -0.05) is 78.2 Å². The summed E-state index contributed by atoms with van der Waals surface area (Å²) in [6, 6.07) is 10.5. The van der Waals surface area contributed by atoms with Gasteiger partial charge in [0.2, 0.25) is 0 Å². The van der Waals surface area contributed by atoms with Gasteiger partial charge in [-0.3, -0.25) is 0 Å². The number of ether oxygens (including phenoxy) is 1. The number of thioether (sulfide) groups is 1. The third kappa shape index (κ3) is 3.18. The van der Waals surface area contributed by atoms with Crippen molar-refractivity contribution in [2.24, 2.45) is 28.6 Å². The van der Waals surface area contributed by atoms with Crippen molar-refractivity contribution in [3.63, 3.8) is 0 Å². The molecule has 1 aliphatic heterocycles. The first kappa shape index (κ1) is 22.2. The highest BCUT2D eigenvalue weighted by Crippen LogP contribution is 2.70. The van der Waals surface area contributed by atoms with Gasteiger partial charge < -0.3 is 9.84 Å². The second-order valence-corrected chi connectivity index (χ2v) is 14.6. The normalized spacial score (nSPS) is 49.6. The largest absolute Gasteiger partial charge is 0.391 e. The van der Waals surface area contributed by atoms with Crippen molar-refractivity contribution < 1.29 is 9.84 Å². The van der Waals surface area contributed by atoms with Gasteiger partial charge in [0.1, 0.15) is 4.93 Å². The fourth-order valence-corrected chi connectivity index (χ4v) is 11.0. The molecule has 6 rings (SSSR count). The zero-order valence-electron chi connectivity index (χ0n) is 19.5. The highest BCUT2D eigenvalue weighted by atomic mass is 79.9. The number of allylic oxidation sites excluding steroid dienone is 1. The molecule has 174 valence electrons. The summed E-state index contributed by atoms with van der Waals surface area (Å²) in [6.07, 6.45) is 12.5. The van der Waals surface area contributed by atoms with Crippen molar-refractivity contribution in [3.05, 3.63) is 47.5 Å². The van der Waals surface area contributed by atoms with Crippen LogP contribution in [0.4, 0.5) is 0 Å². The van der Waals surface area contributed by atoms with Crippen molar-refractivity contribution in [1.29, 1.82) is 0 Å². The Morgan fingerprint density at radius 3 is 2.66 bits per heavy atom. The van der Waals surface area contributed by atoms with Gasteiger partial charge in [-0.15, -0.1) is 11.8 Å². The second kappa shape index (κ2) is 7.60. The zero-order chi connectivity index (χ0) is 22.2. The van der Waals surface area contributed by atoms with Crippen molar-refractivity contribution in [2.75, 3.05) is 5.75 Å². The van der Waals surface area contributed by atoms with Crippen LogP contribution in [0.5, 0.6) is 0 Å². The molecule has 1 aromatic rings. The van der Waals surface area contributed by atoms with Crippen LogP contribution >= 0.6 is 27.7 Å². The van der Waals surface area contributed by atoms with Gasteiger partial charge in [-0.05, 0) is 79.1 Å². The highest BCUT2D eigenvalue weighted by Gasteiger charge is 2.70. The van der Waals surface area contributed by atoms with Gasteiger partial charge >= 0.3 is 0 Å². The van der Waals surface area contributed by atoms with Crippen LogP contribution in [0.2, 0.25) is 0 Å². The van der Waals surface area contributed by atoms with E-state index in [0.717, 1.165) is 36.3 Å². The van der Waals surface area contributed by atoms with Crippen LogP contribution in [0.15, 0.2) is 42.0 Å². The first-order valence-corrected chi connectivity index (χ1v) is 14.5. The van der Waals surface area contributed by atoms with E-state index < -0.39 is 0 Å². The molecule has 0 bridgehead atoms. The van der Waals surface area contributed by atoms with E-state index >= 15 is 0 Å². The quantitative estimate of drug-likeness (QED) is 0.341. The molecule has 0 aromatic heterocycles. The maximum atomic E-state index is 10.7. The molecule has 3 saturated carbocycles. The molecule has 1 aromatic carbocycles. The molecule has 3 unspecified atom stereocenters. The average Bonchev–Trinajstić information content (AvgIpc) is 3.22. The summed E-state index contributed by atoms with van der Waals surface area (Å²) >= 11 is 5.96. The smallest absolute Gasteiger partial charge is 0.133 e. The first-order chi connectivity index (χ1) is 15.3. The lowest BCUT2D eigenvalue weighted by atomic mass is 9.49. The van der Waals surface area contributed by atoms with Gasteiger partial charge in [0.05, 0.1) is 17.0 Å². The van der Waals surface area contributed by atoms with E-state index in [1.54, 1.807) is 5.57 Å². The van der Waals surface area contributed by atoms with Crippen molar-refractivity contribution in [3.8, 4) is 0 Å². The Bertz CT molecular complexity index is 919. The standard InChI is InChI=1S/C28H37BrO2S/c1-25-13-6-9-22(25)21-11-10-20-17-32-28(27(29)15-24(27)30,18-26(20,2)23(21)12-14-25)31-16-19-7-4-3-5-8-19/h3-5,7-8,10,21-24,30H,6,9,11-18H2,1-2H3/t21-,22-,23-,24?,25-,26-,27?,28?/m0/s1. The number of aliphatic hydroxyl groups is 1. The Labute approximate surface area is 206 Å². The molecule has 4 aliphatic carbocycles. The number of hydrogen-bond acceptors (Lipinski definition) is 3. The lowest BCUT2D eigenvalue weighted by Gasteiger charge is -2.60. The lowest BCUT2D eigenvalue weighted by molar-refractivity contribution is -0.0713. The van der Waals surface area contributed by atoms with E-state index in [4.69, 9.17) is 4.74 Å². The van der Waals surface area contributed by atoms with E-state index in [1.807, 2.05) is 11.8 Å². The van der Waals surface area contributed by atoms with Gasteiger partial charge in [0, 0.05) is 5.75 Å². The van der Waals surface area contributed by atoms with E-state index in [1.165, 1.54) is 44.1 Å². The van der Waals surface area contributed by atoms with Gasteiger partial charge in [-0.25, -0.2) is 0 Å². The average molecular weight is 518 g/mol. The molecule has 1 N–H and O–H groups in total. The summed E-state index contributed by atoms with van der Waals surface area (Å²) in [6.45, 7) is 5.75. The molecule has 1 heterocycles. The van der Waals surface area contributed by atoms with E-state index in [0.29, 0.717) is 12.0 Å². The minimum Gasteiger partial charge on any atom is -0.391 e. The first-order valence-electron chi connectivity index (χ1n) is 12.7. The summed E-state index contributed by atoms with van der Waals surface area (Å²) < 4.78 is 6.56. The van der Waals surface area contributed by atoms with Crippen LogP contribution < -0.4 is 0 Å². The van der Waals surface area contributed by atoms with Crippen molar-refractivity contribution in [2.45, 2.75) is 87.2 Å². The molecule has 4 fully saturated rings. The lowest BCUT2D eigenvalue weighted by Crippen LogP contribution is -2.56. The fourth-order valence-electron chi connectivity index (χ4n) is 8.23. The molecule has 4 heteroatoms. The fraction of sp³-hybridized carbons (Fsp3) is 0.714. The third-order valence-electron chi connectivity index (χ3n) is 10.3. The predicted molar refractivity (Wildman–Crippen MR) is 136 cm³/mol. The molecule has 0 amide bonds. The van der Waals surface area contributed by atoms with Gasteiger partial charge in [0.25, 0.3) is 0 Å². The van der Waals surface area contributed by atoms with Gasteiger partial charge in [0.15, 0.2) is 0 Å². The van der Waals surface area contributed by atoms with Crippen LogP contribution in [0.25, 0.3) is 0 Å². The number of alkyl halides is 1. The Kier molecular flexibility index (Phi) is 5.27. The monoisotopic (exact) mass is 516 g/mol. The Morgan fingerprint density at radius 2 is 1.91 bits per heavy atom. The summed E-state index contributed by atoms with van der Waals surface area (Å²) in [4.78, 5) is -0.382. The topological polar surface area (TPSA) is 29.5 Å². The summed E-state index contributed by atoms with van der Waals surface area (Å²) in [5.41, 5.74) is 3.63. The minimum atomic E-state index is -0.382. The van der Waals surface area contributed by atoms with Crippen LogP contribution in [-0.4, -0.2) is 26.2 Å². The van der Waals surface area contributed by atoms with E-state index in [-0.39, 0.29) is 20.8 Å². The van der Waals surface area contributed by atoms with Crippen molar-refractivity contribution in [1.82, 2.24) is 0 Å². The number of rotatable bonds is 4. The predicted octanol–water partition coefficient (Wildman–Crippen LogP) is 7.10. The number of aliphatic hydroxyl groups excluding tert-OH is 1. The van der Waals surface area contributed by atoms with E-state index in [9.17, 15) is 5.11 Å². The maximum Gasteiger partial charge on any atom is 0.133 e. The molecular formula is C28H37BrO2S. The Hall–Kier alpha value is -0.290. The Morgan fingerprint density at radius 1 is 1.12 bits per heavy atom. The molecule has 5 aliphatic rings. The van der Waals surface area contributed by atoms with Crippen LogP contribution in [0.1, 0.15) is 70.8 Å². The highest BCUT2D eigenvalue weighted by molar-refractivity contribution is 9.10. The third-order valence-corrected chi connectivity index (χ3v) is 13.6. The van der Waals surface area contributed by atoms with Crippen LogP contribution in [-0.2, 0) is 11.3 Å². The van der Waals surface area contributed by atoms with Crippen molar-refractivity contribution >= 4 is 27.7 Å². The van der Waals surface area contributed by atoms with Gasteiger partial charge in [-0.2, -0.15) is 0 Å².